The lowest BCUT2D eigenvalue weighted by molar-refractivity contribution is -0.117. The van der Waals surface area contributed by atoms with E-state index in [9.17, 15) is 14.4 Å². The molecule has 3 rings (SSSR count). The summed E-state index contributed by atoms with van der Waals surface area (Å²) in [7, 11) is 0. The highest BCUT2D eigenvalue weighted by Gasteiger charge is 2.24. The Bertz CT molecular complexity index is 817. The maximum atomic E-state index is 12.5. The van der Waals surface area contributed by atoms with Crippen molar-refractivity contribution < 1.29 is 14.4 Å². The fourth-order valence-corrected chi connectivity index (χ4v) is 2.76. The number of nitrogens with two attached hydrogens (primary N) is 1. The first-order valence-corrected chi connectivity index (χ1v) is 7.92. The molecule has 0 spiro atoms. The minimum atomic E-state index is -0.665. The van der Waals surface area contributed by atoms with Crippen LogP contribution in [0.25, 0.3) is 0 Å². The molecule has 128 valence electrons. The summed E-state index contributed by atoms with van der Waals surface area (Å²) in [5, 5.41) is 5.27. The van der Waals surface area contributed by atoms with Crippen LogP contribution in [0.5, 0.6) is 0 Å². The predicted octanol–water partition coefficient (Wildman–Crippen LogP) is 2.56. The van der Waals surface area contributed by atoms with Gasteiger partial charge in [0.05, 0.1) is 11.4 Å². The molecule has 1 aliphatic heterocycles. The molecule has 0 atom stereocenters. The van der Waals surface area contributed by atoms with E-state index < -0.39 is 6.03 Å². The molecule has 2 aromatic rings. The van der Waals surface area contributed by atoms with Crippen molar-refractivity contribution in [2.24, 2.45) is 5.73 Å². The quantitative estimate of drug-likeness (QED) is 0.798. The third kappa shape index (κ3) is 3.77. The Hall–Kier alpha value is -3.35. The third-order valence-electron chi connectivity index (χ3n) is 3.93. The molecule has 0 saturated carbocycles. The van der Waals surface area contributed by atoms with E-state index in [4.69, 9.17) is 5.73 Å². The number of benzene rings is 2. The zero-order valence-corrected chi connectivity index (χ0v) is 13.5. The third-order valence-corrected chi connectivity index (χ3v) is 3.93. The number of hydrogen-bond donors (Lipinski definition) is 3. The van der Waals surface area contributed by atoms with Gasteiger partial charge >= 0.3 is 6.03 Å². The van der Waals surface area contributed by atoms with Gasteiger partial charge in [0.2, 0.25) is 5.91 Å². The monoisotopic (exact) mass is 338 g/mol. The second-order valence-electron chi connectivity index (χ2n) is 5.69. The Balaban J connectivity index is 1.77. The van der Waals surface area contributed by atoms with Gasteiger partial charge in [0.1, 0.15) is 0 Å². The highest BCUT2D eigenvalue weighted by Crippen LogP contribution is 2.29. The number of carbonyl (C=O) groups is 3. The van der Waals surface area contributed by atoms with Crippen LogP contribution in [-0.2, 0) is 4.79 Å². The van der Waals surface area contributed by atoms with Crippen molar-refractivity contribution in [3.05, 3.63) is 54.1 Å². The van der Waals surface area contributed by atoms with Crippen LogP contribution in [0.2, 0.25) is 0 Å². The highest BCUT2D eigenvalue weighted by molar-refractivity contribution is 6.08. The molecular weight excluding hydrogens is 320 g/mol. The van der Waals surface area contributed by atoms with Crippen LogP contribution in [0.3, 0.4) is 0 Å². The summed E-state index contributed by atoms with van der Waals surface area (Å²) in [5.74, 6) is -0.242. The lowest BCUT2D eigenvalue weighted by Gasteiger charge is -2.20. The van der Waals surface area contributed by atoms with Gasteiger partial charge < -0.3 is 21.3 Å². The number of anilines is 3. The predicted molar refractivity (Wildman–Crippen MR) is 95.6 cm³/mol. The van der Waals surface area contributed by atoms with E-state index in [0.29, 0.717) is 35.6 Å². The van der Waals surface area contributed by atoms with Gasteiger partial charge in [0.15, 0.2) is 0 Å². The van der Waals surface area contributed by atoms with Gasteiger partial charge in [0, 0.05) is 24.2 Å². The lowest BCUT2D eigenvalue weighted by atomic mass is 10.1. The minimum absolute atomic E-state index is 0.0589. The molecule has 1 aliphatic rings. The summed E-state index contributed by atoms with van der Waals surface area (Å²) in [6.45, 7) is 0.652. The summed E-state index contributed by atoms with van der Waals surface area (Å²) in [5.41, 5.74) is 7.27. The average Bonchev–Trinajstić information content (AvgIpc) is 3.01. The van der Waals surface area contributed by atoms with Crippen LogP contribution in [0.4, 0.5) is 21.9 Å². The Morgan fingerprint density at radius 2 is 1.72 bits per heavy atom. The summed E-state index contributed by atoms with van der Waals surface area (Å²) in [4.78, 5) is 37.0. The number of rotatable bonds is 4. The Labute approximate surface area is 144 Å². The molecule has 2 aromatic carbocycles. The first kappa shape index (κ1) is 16.5. The fourth-order valence-electron chi connectivity index (χ4n) is 2.76. The molecular formula is C18H18N4O3. The Kier molecular flexibility index (Phi) is 4.65. The van der Waals surface area contributed by atoms with Crippen molar-refractivity contribution in [2.75, 3.05) is 22.1 Å². The van der Waals surface area contributed by atoms with Crippen molar-refractivity contribution in [2.45, 2.75) is 12.8 Å². The maximum absolute atomic E-state index is 12.5. The van der Waals surface area contributed by atoms with Gasteiger partial charge in [0.25, 0.3) is 5.91 Å². The molecule has 4 amide bonds. The SMILES string of the molecule is NC(=O)Nc1ccc(C(=O)Nc2ccccc2N2CCCC2=O)cc1. The largest absolute Gasteiger partial charge is 0.351 e. The average molecular weight is 338 g/mol. The number of nitrogens with zero attached hydrogens (tertiary/aromatic N) is 1. The molecule has 0 aliphatic carbocycles. The molecule has 0 unspecified atom stereocenters. The summed E-state index contributed by atoms with van der Waals surface area (Å²) in [6.07, 6.45) is 1.34. The van der Waals surface area contributed by atoms with Crippen LogP contribution in [0.15, 0.2) is 48.5 Å². The zero-order chi connectivity index (χ0) is 17.8. The number of nitrogens with one attached hydrogen (secondary N) is 2. The highest BCUT2D eigenvalue weighted by atomic mass is 16.2. The number of carbonyl (C=O) groups excluding carboxylic acids is 3. The lowest BCUT2D eigenvalue weighted by Crippen LogP contribution is -2.25. The molecule has 0 radical (unpaired) electrons. The second-order valence-corrected chi connectivity index (χ2v) is 5.69. The summed E-state index contributed by atoms with van der Waals surface area (Å²) >= 11 is 0. The van der Waals surface area contributed by atoms with E-state index >= 15 is 0 Å². The van der Waals surface area contributed by atoms with Crippen molar-refractivity contribution in [1.29, 1.82) is 0 Å². The molecule has 25 heavy (non-hydrogen) atoms. The molecule has 1 heterocycles. The van der Waals surface area contributed by atoms with Crippen molar-refractivity contribution in [3.63, 3.8) is 0 Å². The van der Waals surface area contributed by atoms with Crippen molar-refractivity contribution in [1.82, 2.24) is 0 Å². The van der Waals surface area contributed by atoms with E-state index in [2.05, 4.69) is 10.6 Å². The smallest absolute Gasteiger partial charge is 0.316 e. The van der Waals surface area contributed by atoms with Crippen LogP contribution < -0.4 is 21.3 Å². The minimum Gasteiger partial charge on any atom is -0.351 e. The number of amides is 4. The van der Waals surface area contributed by atoms with E-state index in [1.54, 1.807) is 41.3 Å². The van der Waals surface area contributed by atoms with Gasteiger partial charge in [-0.15, -0.1) is 0 Å². The van der Waals surface area contributed by atoms with Crippen molar-refractivity contribution >= 4 is 34.9 Å². The molecule has 1 fully saturated rings. The molecule has 4 N–H and O–H groups in total. The molecule has 1 saturated heterocycles. The topological polar surface area (TPSA) is 105 Å². The van der Waals surface area contributed by atoms with Crippen molar-refractivity contribution in [3.8, 4) is 0 Å². The van der Waals surface area contributed by atoms with E-state index in [0.717, 1.165) is 6.42 Å². The van der Waals surface area contributed by atoms with Gasteiger partial charge in [-0.25, -0.2) is 4.79 Å². The molecule has 0 bridgehead atoms. The van der Waals surface area contributed by atoms with Gasteiger partial charge in [-0.1, -0.05) is 12.1 Å². The maximum Gasteiger partial charge on any atom is 0.316 e. The normalized spacial score (nSPS) is 13.6. The van der Waals surface area contributed by atoms with E-state index in [1.165, 1.54) is 0 Å². The van der Waals surface area contributed by atoms with E-state index in [1.807, 2.05) is 12.1 Å². The van der Waals surface area contributed by atoms with Crippen LogP contribution in [-0.4, -0.2) is 24.4 Å². The van der Waals surface area contributed by atoms with Gasteiger partial charge in [-0.2, -0.15) is 0 Å². The van der Waals surface area contributed by atoms with E-state index in [-0.39, 0.29) is 11.8 Å². The summed E-state index contributed by atoms with van der Waals surface area (Å²) in [6, 6.07) is 12.9. The van der Waals surface area contributed by atoms with Gasteiger partial charge in [-0.05, 0) is 42.8 Å². The number of para-hydroxylation sites is 2. The van der Waals surface area contributed by atoms with Crippen LogP contribution >= 0.6 is 0 Å². The fraction of sp³-hybridized carbons (Fsp3) is 0.167. The molecule has 7 nitrogen and oxygen atoms in total. The Morgan fingerprint density at radius 1 is 1.00 bits per heavy atom. The molecule has 7 heteroatoms. The Morgan fingerprint density at radius 3 is 2.36 bits per heavy atom. The van der Waals surface area contributed by atoms with Crippen LogP contribution in [0.1, 0.15) is 23.2 Å². The summed E-state index contributed by atoms with van der Waals surface area (Å²) < 4.78 is 0. The number of urea groups is 1. The zero-order valence-electron chi connectivity index (χ0n) is 13.5. The van der Waals surface area contributed by atoms with Crippen LogP contribution in [0, 0.1) is 0 Å². The number of hydrogen-bond acceptors (Lipinski definition) is 3. The standard InChI is InChI=1S/C18H18N4O3/c19-18(25)20-13-9-7-12(8-10-13)17(24)21-14-4-1-2-5-15(14)22-11-3-6-16(22)23/h1-2,4-5,7-10H,3,6,11H2,(H,21,24)(H3,19,20,25). The number of primary amides is 1. The van der Waals surface area contributed by atoms with Gasteiger partial charge in [-0.3, -0.25) is 9.59 Å². The first-order chi connectivity index (χ1) is 12.0. The first-order valence-electron chi connectivity index (χ1n) is 7.92. The molecule has 0 aromatic heterocycles. The second kappa shape index (κ2) is 7.04.